The summed E-state index contributed by atoms with van der Waals surface area (Å²) < 4.78 is 28.4. The summed E-state index contributed by atoms with van der Waals surface area (Å²) in [5, 5.41) is 12.6. The Bertz CT molecular complexity index is 1190. The molecule has 0 fully saturated rings. The highest BCUT2D eigenvalue weighted by Gasteiger charge is 2.33. The van der Waals surface area contributed by atoms with E-state index in [1.54, 1.807) is 24.3 Å². The van der Waals surface area contributed by atoms with Crippen LogP contribution in [0.25, 0.3) is 10.8 Å². The molecule has 0 aliphatic carbocycles. The second-order valence-electron chi connectivity index (χ2n) is 6.65. The van der Waals surface area contributed by atoms with Crippen molar-refractivity contribution in [1.82, 2.24) is 4.72 Å². The van der Waals surface area contributed by atoms with Gasteiger partial charge >= 0.3 is 0 Å². The fraction of sp³-hybridized carbons (Fsp3) is 0.158. The van der Waals surface area contributed by atoms with E-state index in [0.717, 1.165) is 16.6 Å². The molecule has 0 saturated heterocycles. The molecule has 1 aliphatic heterocycles. The van der Waals surface area contributed by atoms with Gasteiger partial charge in [0.05, 0.1) is 15.9 Å². The Kier molecular flexibility index (Phi) is 3.90. The molecular weight excluding hydrogens is 366 g/mol. The second-order valence-corrected chi connectivity index (χ2v) is 8.34. The Labute approximate surface area is 156 Å². The highest BCUT2D eigenvalue weighted by atomic mass is 32.2. The maximum atomic E-state index is 12.9. The first-order valence-electron chi connectivity index (χ1n) is 8.29. The summed E-state index contributed by atoms with van der Waals surface area (Å²) in [6.45, 7) is 0. The zero-order chi connectivity index (χ0) is 19.3. The molecule has 1 N–H and O–H groups in total. The highest BCUT2D eigenvalue weighted by Crippen LogP contribution is 2.41. The van der Waals surface area contributed by atoms with E-state index in [1.807, 2.05) is 37.2 Å². The molecule has 7 nitrogen and oxygen atoms in total. The Morgan fingerprint density at radius 2 is 1.81 bits per heavy atom. The molecule has 4 rings (SSSR count). The number of anilines is 1. The molecular formula is C19H17N3O4S. The third kappa shape index (κ3) is 2.73. The zero-order valence-electron chi connectivity index (χ0n) is 14.7. The number of nitrogens with zero attached hydrogens (tertiary/aromatic N) is 2. The van der Waals surface area contributed by atoms with Crippen molar-refractivity contribution in [2.45, 2.75) is 10.9 Å². The van der Waals surface area contributed by atoms with Gasteiger partial charge in [-0.05, 0) is 23.3 Å². The highest BCUT2D eigenvalue weighted by molar-refractivity contribution is 7.89. The number of nitro benzene ring substituents is 1. The summed E-state index contributed by atoms with van der Waals surface area (Å²) in [5.74, 6) is 0. The van der Waals surface area contributed by atoms with Crippen LogP contribution in [-0.4, -0.2) is 27.4 Å². The van der Waals surface area contributed by atoms with Crippen LogP contribution in [0.3, 0.4) is 0 Å². The van der Waals surface area contributed by atoms with E-state index in [4.69, 9.17) is 0 Å². The molecule has 0 amide bonds. The van der Waals surface area contributed by atoms with Crippen LogP contribution in [0, 0.1) is 10.1 Å². The Morgan fingerprint density at radius 3 is 2.52 bits per heavy atom. The first-order chi connectivity index (χ1) is 12.8. The number of non-ortho nitro benzene ring substituents is 1. The van der Waals surface area contributed by atoms with Gasteiger partial charge in [-0.15, -0.1) is 0 Å². The second kappa shape index (κ2) is 6.04. The minimum absolute atomic E-state index is 0.0771. The minimum Gasteiger partial charge on any atom is -0.377 e. The fourth-order valence-electron chi connectivity index (χ4n) is 3.59. The quantitative estimate of drug-likeness (QED) is 0.554. The van der Waals surface area contributed by atoms with Crippen LogP contribution >= 0.6 is 0 Å². The minimum atomic E-state index is -3.76. The monoisotopic (exact) mass is 383 g/mol. The van der Waals surface area contributed by atoms with Crippen molar-refractivity contribution in [1.29, 1.82) is 0 Å². The third-order valence-electron chi connectivity index (χ3n) is 4.78. The molecule has 8 heteroatoms. The molecule has 1 atom stereocenters. The lowest BCUT2D eigenvalue weighted by Crippen LogP contribution is -2.33. The maximum Gasteiger partial charge on any atom is 0.269 e. The van der Waals surface area contributed by atoms with Crippen LogP contribution in [0.15, 0.2) is 59.5 Å². The van der Waals surface area contributed by atoms with Crippen molar-refractivity contribution >= 4 is 32.2 Å². The average molecular weight is 383 g/mol. The van der Waals surface area contributed by atoms with Crippen molar-refractivity contribution in [3.05, 3.63) is 75.8 Å². The number of nitrogens with one attached hydrogen (secondary N) is 1. The lowest BCUT2D eigenvalue weighted by molar-refractivity contribution is -0.384. The van der Waals surface area contributed by atoms with Gasteiger partial charge < -0.3 is 4.90 Å². The SMILES string of the molecule is CN(C)c1ccc2c3c(cccc13)S(=O)(=O)NC2c1cccc([N+](=O)[O-])c1. The summed E-state index contributed by atoms with van der Waals surface area (Å²) in [6.07, 6.45) is 0. The molecule has 138 valence electrons. The molecule has 27 heavy (non-hydrogen) atoms. The normalized spacial score (nSPS) is 17.6. The molecule has 3 aromatic rings. The van der Waals surface area contributed by atoms with Gasteiger partial charge in [0.2, 0.25) is 10.0 Å². The Morgan fingerprint density at radius 1 is 1.07 bits per heavy atom. The number of hydrogen-bond acceptors (Lipinski definition) is 5. The van der Waals surface area contributed by atoms with E-state index in [2.05, 4.69) is 4.72 Å². The van der Waals surface area contributed by atoms with Gasteiger partial charge in [0.25, 0.3) is 5.69 Å². The van der Waals surface area contributed by atoms with Crippen LogP contribution < -0.4 is 9.62 Å². The van der Waals surface area contributed by atoms with Crippen LogP contribution in [-0.2, 0) is 10.0 Å². The number of hydrogen-bond donors (Lipinski definition) is 1. The molecule has 3 aromatic carbocycles. The lowest BCUT2D eigenvalue weighted by atomic mass is 9.93. The van der Waals surface area contributed by atoms with Gasteiger partial charge in [0, 0.05) is 42.7 Å². The van der Waals surface area contributed by atoms with Crippen molar-refractivity contribution in [2.24, 2.45) is 0 Å². The summed E-state index contributed by atoms with van der Waals surface area (Å²) in [5.41, 5.74) is 2.14. The Hall–Kier alpha value is -2.97. The average Bonchev–Trinajstić information content (AvgIpc) is 2.64. The van der Waals surface area contributed by atoms with Gasteiger partial charge in [-0.3, -0.25) is 10.1 Å². The lowest BCUT2D eigenvalue weighted by Gasteiger charge is -2.29. The summed E-state index contributed by atoms with van der Waals surface area (Å²) in [4.78, 5) is 12.8. The number of sulfonamides is 1. The zero-order valence-corrected chi connectivity index (χ0v) is 15.5. The molecule has 1 heterocycles. The summed E-state index contributed by atoms with van der Waals surface area (Å²) in [7, 11) is 0.0413. The molecule has 0 radical (unpaired) electrons. The van der Waals surface area contributed by atoms with E-state index in [1.165, 1.54) is 12.1 Å². The summed E-state index contributed by atoms with van der Waals surface area (Å²) >= 11 is 0. The number of benzene rings is 3. The van der Waals surface area contributed by atoms with Crippen LogP contribution in [0.4, 0.5) is 11.4 Å². The largest absolute Gasteiger partial charge is 0.377 e. The standard InChI is InChI=1S/C19H17N3O4S/c1-21(2)16-10-9-15-18-14(16)7-4-8-17(18)27(25,26)20-19(15)12-5-3-6-13(11-12)22(23)24/h3-11,19-20H,1-2H3. The first kappa shape index (κ1) is 17.4. The molecule has 1 aliphatic rings. The topological polar surface area (TPSA) is 92.6 Å². The van der Waals surface area contributed by atoms with Crippen molar-refractivity contribution in [2.75, 3.05) is 19.0 Å². The van der Waals surface area contributed by atoms with Crippen LogP contribution in [0.5, 0.6) is 0 Å². The van der Waals surface area contributed by atoms with E-state index >= 15 is 0 Å². The van der Waals surface area contributed by atoms with E-state index in [-0.39, 0.29) is 10.6 Å². The maximum absolute atomic E-state index is 12.9. The van der Waals surface area contributed by atoms with E-state index < -0.39 is 21.0 Å². The third-order valence-corrected chi connectivity index (χ3v) is 6.25. The van der Waals surface area contributed by atoms with Gasteiger partial charge in [-0.25, -0.2) is 8.42 Å². The molecule has 0 bridgehead atoms. The first-order valence-corrected chi connectivity index (χ1v) is 9.77. The molecule has 0 spiro atoms. The predicted octanol–water partition coefficient (Wildman–Crippen LogP) is 3.20. The van der Waals surface area contributed by atoms with Crippen LogP contribution in [0.1, 0.15) is 17.2 Å². The molecule has 0 saturated carbocycles. The number of rotatable bonds is 3. The van der Waals surface area contributed by atoms with E-state index in [0.29, 0.717) is 10.9 Å². The molecule has 1 unspecified atom stereocenters. The van der Waals surface area contributed by atoms with Crippen molar-refractivity contribution in [3.63, 3.8) is 0 Å². The fourth-order valence-corrected chi connectivity index (χ4v) is 5.04. The summed E-state index contributed by atoms with van der Waals surface area (Å²) in [6, 6.07) is 14.4. The van der Waals surface area contributed by atoms with Crippen LogP contribution in [0.2, 0.25) is 0 Å². The number of nitro groups is 1. The predicted molar refractivity (Wildman–Crippen MR) is 104 cm³/mol. The molecule has 0 aromatic heterocycles. The van der Waals surface area contributed by atoms with Gasteiger partial charge in [0.1, 0.15) is 0 Å². The Balaban J connectivity index is 2.04. The van der Waals surface area contributed by atoms with Crippen molar-refractivity contribution < 1.29 is 13.3 Å². The van der Waals surface area contributed by atoms with Gasteiger partial charge in [0.15, 0.2) is 0 Å². The van der Waals surface area contributed by atoms with E-state index in [9.17, 15) is 18.5 Å². The smallest absolute Gasteiger partial charge is 0.269 e. The van der Waals surface area contributed by atoms with Gasteiger partial charge in [-0.1, -0.05) is 30.3 Å². The van der Waals surface area contributed by atoms with Crippen molar-refractivity contribution in [3.8, 4) is 0 Å². The van der Waals surface area contributed by atoms with Gasteiger partial charge in [-0.2, -0.15) is 4.72 Å².